The van der Waals surface area contributed by atoms with Crippen molar-refractivity contribution >= 4 is 0 Å². The second-order valence-electron chi connectivity index (χ2n) is 4.52. The molecule has 0 unspecified atom stereocenters. The molecule has 0 bridgehead atoms. The number of aryl methyl sites for hydroxylation is 2. The summed E-state index contributed by atoms with van der Waals surface area (Å²) in [7, 11) is 0. The van der Waals surface area contributed by atoms with Gasteiger partial charge in [-0.05, 0) is 43.5 Å². The van der Waals surface area contributed by atoms with Gasteiger partial charge in [-0.3, -0.25) is 0 Å². The van der Waals surface area contributed by atoms with E-state index in [2.05, 4.69) is 6.07 Å². The van der Waals surface area contributed by atoms with Gasteiger partial charge in [0.2, 0.25) is 0 Å². The summed E-state index contributed by atoms with van der Waals surface area (Å²) in [5.41, 5.74) is 5.04. The van der Waals surface area contributed by atoms with Crippen molar-refractivity contribution < 1.29 is 5.11 Å². The van der Waals surface area contributed by atoms with Crippen LogP contribution in [0.2, 0.25) is 0 Å². The lowest BCUT2D eigenvalue weighted by Crippen LogP contribution is -1.93. The standard InChI is InChI=1S/C16H15NO/c1-10-8-11(2)15(16(18)12(10)3)14-7-5-4-6-13(14)9-17/h4-8,18H,1-3H3. The van der Waals surface area contributed by atoms with Gasteiger partial charge >= 0.3 is 0 Å². The first kappa shape index (κ1) is 12.2. The molecule has 90 valence electrons. The maximum Gasteiger partial charge on any atom is 0.126 e. The van der Waals surface area contributed by atoms with Gasteiger partial charge in [-0.2, -0.15) is 5.26 Å². The smallest absolute Gasteiger partial charge is 0.126 e. The fraction of sp³-hybridized carbons (Fsp3) is 0.188. The van der Waals surface area contributed by atoms with E-state index < -0.39 is 0 Å². The molecule has 0 heterocycles. The minimum Gasteiger partial charge on any atom is -0.507 e. The zero-order valence-electron chi connectivity index (χ0n) is 10.8. The van der Waals surface area contributed by atoms with E-state index in [1.54, 1.807) is 6.07 Å². The van der Waals surface area contributed by atoms with Crippen molar-refractivity contribution in [2.24, 2.45) is 0 Å². The van der Waals surface area contributed by atoms with E-state index in [1.165, 1.54) is 0 Å². The van der Waals surface area contributed by atoms with Crippen molar-refractivity contribution in [2.45, 2.75) is 20.8 Å². The Labute approximate surface area is 107 Å². The van der Waals surface area contributed by atoms with Crippen molar-refractivity contribution in [2.75, 3.05) is 0 Å². The van der Waals surface area contributed by atoms with E-state index in [4.69, 9.17) is 5.26 Å². The maximum absolute atomic E-state index is 10.3. The zero-order valence-corrected chi connectivity index (χ0v) is 10.8. The van der Waals surface area contributed by atoms with Gasteiger partial charge in [0.05, 0.1) is 11.6 Å². The first-order chi connectivity index (χ1) is 8.56. The van der Waals surface area contributed by atoms with Crippen LogP contribution in [0.15, 0.2) is 30.3 Å². The largest absolute Gasteiger partial charge is 0.507 e. The van der Waals surface area contributed by atoms with Gasteiger partial charge in [-0.1, -0.05) is 24.3 Å². The molecule has 0 saturated heterocycles. The van der Waals surface area contributed by atoms with Gasteiger partial charge in [0.25, 0.3) is 0 Å². The van der Waals surface area contributed by atoms with Crippen LogP contribution in [0.5, 0.6) is 5.75 Å². The van der Waals surface area contributed by atoms with E-state index >= 15 is 0 Å². The van der Waals surface area contributed by atoms with Gasteiger partial charge in [0, 0.05) is 11.1 Å². The number of nitriles is 1. The number of benzene rings is 2. The molecule has 2 heteroatoms. The van der Waals surface area contributed by atoms with Crippen LogP contribution in [0.4, 0.5) is 0 Å². The van der Waals surface area contributed by atoms with Crippen LogP contribution in [0, 0.1) is 32.1 Å². The summed E-state index contributed by atoms with van der Waals surface area (Å²) in [6.45, 7) is 5.82. The van der Waals surface area contributed by atoms with Crippen LogP contribution in [0.1, 0.15) is 22.3 Å². The molecule has 0 atom stereocenters. The highest BCUT2D eigenvalue weighted by atomic mass is 16.3. The number of nitrogens with zero attached hydrogens (tertiary/aromatic N) is 1. The molecule has 0 fully saturated rings. The Hall–Kier alpha value is -2.27. The molecule has 0 aliphatic carbocycles. The predicted octanol–water partition coefficient (Wildman–Crippen LogP) is 3.86. The number of phenols is 1. The topological polar surface area (TPSA) is 44.0 Å². The molecule has 2 rings (SSSR count). The molecule has 0 aromatic heterocycles. The second-order valence-corrected chi connectivity index (χ2v) is 4.52. The van der Waals surface area contributed by atoms with E-state index in [-0.39, 0.29) is 5.75 Å². The summed E-state index contributed by atoms with van der Waals surface area (Å²) < 4.78 is 0. The Balaban J connectivity index is 2.81. The minimum absolute atomic E-state index is 0.273. The molecule has 0 spiro atoms. The molecule has 2 aromatic carbocycles. The number of phenolic OH excluding ortho intramolecular Hbond substituents is 1. The average Bonchev–Trinajstić information content (AvgIpc) is 2.37. The van der Waals surface area contributed by atoms with E-state index in [9.17, 15) is 5.11 Å². The summed E-state index contributed by atoms with van der Waals surface area (Å²) >= 11 is 0. The first-order valence-corrected chi connectivity index (χ1v) is 5.85. The van der Waals surface area contributed by atoms with Crippen LogP contribution < -0.4 is 0 Å². The normalized spacial score (nSPS) is 10.1. The third-order valence-corrected chi connectivity index (χ3v) is 3.33. The highest BCUT2D eigenvalue weighted by molar-refractivity contribution is 5.79. The summed E-state index contributed by atoms with van der Waals surface area (Å²) in [4.78, 5) is 0. The third-order valence-electron chi connectivity index (χ3n) is 3.33. The number of hydrogen-bond donors (Lipinski definition) is 1. The quantitative estimate of drug-likeness (QED) is 0.818. The summed E-state index contributed by atoms with van der Waals surface area (Å²) in [5.74, 6) is 0.273. The molecule has 0 aliphatic rings. The lowest BCUT2D eigenvalue weighted by molar-refractivity contribution is 0.472. The lowest BCUT2D eigenvalue weighted by atomic mass is 9.91. The Morgan fingerprint density at radius 3 is 2.39 bits per heavy atom. The second kappa shape index (κ2) is 4.54. The van der Waals surface area contributed by atoms with E-state index in [1.807, 2.05) is 45.0 Å². The van der Waals surface area contributed by atoms with E-state index in [0.717, 1.165) is 27.8 Å². The molecule has 0 radical (unpaired) electrons. The number of hydrogen-bond acceptors (Lipinski definition) is 2. The zero-order chi connectivity index (χ0) is 13.3. The fourth-order valence-corrected chi connectivity index (χ4v) is 2.20. The van der Waals surface area contributed by atoms with Crippen molar-refractivity contribution in [3.05, 3.63) is 52.6 Å². The first-order valence-electron chi connectivity index (χ1n) is 5.85. The maximum atomic E-state index is 10.3. The Bertz CT molecular complexity index is 651. The molecule has 0 saturated carbocycles. The van der Waals surface area contributed by atoms with Gasteiger partial charge < -0.3 is 5.11 Å². The minimum atomic E-state index is 0.273. The fourth-order valence-electron chi connectivity index (χ4n) is 2.20. The predicted molar refractivity (Wildman–Crippen MR) is 72.5 cm³/mol. The molecule has 0 amide bonds. The highest BCUT2D eigenvalue weighted by Crippen LogP contribution is 2.38. The highest BCUT2D eigenvalue weighted by Gasteiger charge is 2.15. The molecular formula is C16H15NO. The van der Waals surface area contributed by atoms with Crippen molar-refractivity contribution in [1.29, 1.82) is 5.26 Å². The van der Waals surface area contributed by atoms with Crippen molar-refractivity contribution in [3.63, 3.8) is 0 Å². The van der Waals surface area contributed by atoms with Gasteiger partial charge in [-0.15, -0.1) is 0 Å². The van der Waals surface area contributed by atoms with E-state index in [0.29, 0.717) is 5.56 Å². The molecule has 2 aromatic rings. The van der Waals surface area contributed by atoms with Crippen LogP contribution in [-0.2, 0) is 0 Å². The lowest BCUT2D eigenvalue weighted by Gasteiger charge is -2.14. The Kier molecular flexibility index (Phi) is 3.08. The van der Waals surface area contributed by atoms with Crippen molar-refractivity contribution in [3.8, 4) is 22.9 Å². The van der Waals surface area contributed by atoms with Crippen LogP contribution in [0.3, 0.4) is 0 Å². The Morgan fingerprint density at radius 1 is 1.06 bits per heavy atom. The molecule has 18 heavy (non-hydrogen) atoms. The summed E-state index contributed by atoms with van der Waals surface area (Å²) in [5, 5.41) is 19.5. The average molecular weight is 237 g/mol. The van der Waals surface area contributed by atoms with Crippen LogP contribution in [-0.4, -0.2) is 5.11 Å². The van der Waals surface area contributed by atoms with Crippen LogP contribution in [0.25, 0.3) is 11.1 Å². The summed E-state index contributed by atoms with van der Waals surface area (Å²) in [6.07, 6.45) is 0. The Morgan fingerprint density at radius 2 is 1.72 bits per heavy atom. The van der Waals surface area contributed by atoms with Gasteiger partial charge in [0.15, 0.2) is 0 Å². The molecule has 0 aliphatic heterocycles. The summed E-state index contributed by atoms with van der Waals surface area (Å²) in [6, 6.07) is 11.6. The molecular weight excluding hydrogens is 222 g/mol. The van der Waals surface area contributed by atoms with Crippen molar-refractivity contribution in [1.82, 2.24) is 0 Å². The number of rotatable bonds is 1. The third kappa shape index (κ3) is 1.84. The number of aromatic hydroxyl groups is 1. The SMILES string of the molecule is Cc1cc(C)c(-c2ccccc2C#N)c(O)c1C. The monoisotopic (exact) mass is 237 g/mol. The molecule has 2 nitrogen and oxygen atoms in total. The van der Waals surface area contributed by atoms with Crippen LogP contribution >= 0.6 is 0 Å². The molecule has 1 N–H and O–H groups in total. The van der Waals surface area contributed by atoms with Gasteiger partial charge in [-0.25, -0.2) is 0 Å². The van der Waals surface area contributed by atoms with Gasteiger partial charge in [0.1, 0.15) is 5.75 Å².